The molecule has 70 heavy (non-hydrogen) atoms. The van der Waals surface area contributed by atoms with E-state index in [1.54, 1.807) is 18.2 Å². The minimum atomic E-state index is -1.56. The van der Waals surface area contributed by atoms with E-state index in [1.807, 2.05) is 45.9 Å². The Morgan fingerprint density at radius 3 is 1.34 bits per heavy atom. The fraction of sp³-hybridized carbons (Fsp3) is 0.240. The maximum Gasteiger partial charge on any atom is 0.323 e. The maximum atomic E-state index is 13.9. The lowest BCUT2D eigenvalue weighted by Crippen LogP contribution is -2.40. The molecule has 20 nitrogen and oxygen atoms in total. The largest absolute Gasteiger partial charge is 0.481 e. The minimum Gasteiger partial charge on any atom is -0.481 e. The highest BCUT2D eigenvalue weighted by Gasteiger charge is 2.28. The number of carboxylic acid groups (broad SMARTS) is 5. The standard InChI is InChI=1S/C50H49N7O13/c1-7-31-24(3)35-16-36-27(6)34(10-12-44(59)60)42(54-36)19-41-33(26(5)38(55-41)18-40-32(8-2)25(4)37(53-40)17-39(31)52-35)9-11-43(58)51-30-14-28(49(69)56(20-45(61)62)21-46(63)64)13-29(15-30)50(70)57(22-47(65)66)23-48(67)68/h7-8,13-19,52-53H,1-2,9-12,20-23H2,3-6H3,(H,51,58)(H,59,60)(H,61,62)(H,63,64)(H,65,66)(H,67,68). The number of nitrogens with zero attached hydrogens (tertiary/aromatic N) is 4. The molecule has 2 aliphatic heterocycles. The van der Waals surface area contributed by atoms with Crippen molar-refractivity contribution in [2.24, 2.45) is 0 Å². The molecular weight excluding hydrogens is 907 g/mol. The average Bonchev–Trinajstić information content (AvgIpc) is 3.94. The molecule has 3 amide bonds. The van der Waals surface area contributed by atoms with Crippen LogP contribution in [0.4, 0.5) is 5.69 Å². The number of carboxylic acids is 5. The minimum absolute atomic E-state index is 0.0411. The van der Waals surface area contributed by atoms with E-state index in [1.165, 1.54) is 0 Å². The van der Waals surface area contributed by atoms with Gasteiger partial charge in [0.15, 0.2) is 0 Å². The van der Waals surface area contributed by atoms with Gasteiger partial charge in [0.25, 0.3) is 11.8 Å². The van der Waals surface area contributed by atoms with Crippen LogP contribution in [0.3, 0.4) is 0 Å². The second-order valence-electron chi connectivity index (χ2n) is 16.6. The Morgan fingerprint density at radius 2 is 0.929 bits per heavy atom. The first-order chi connectivity index (χ1) is 33.1. The van der Waals surface area contributed by atoms with Crippen LogP contribution in [-0.2, 0) is 28.8 Å². The summed E-state index contributed by atoms with van der Waals surface area (Å²) in [5, 5.41) is 50.0. The molecule has 1 aromatic carbocycles. The van der Waals surface area contributed by atoms with Crippen LogP contribution in [0.1, 0.15) is 105 Å². The predicted molar refractivity (Wildman–Crippen MR) is 259 cm³/mol. The Balaban J connectivity index is 1.46. The number of H-pyrrole nitrogens is 2. The van der Waals surface area contributed by atoms with Gasteiger partial charge in [-0.3, -0.25) is 38.4 Å². The number of hydrogen-bond donors (Lipinski definition) is 8. The average molecular weight is 956 g/mol. The number of carbonyl (C=O) groups is 8. The van der Waals surface area contributed by atoms with Crippen molar-refractivity contribution in [2.75, 3.05) is 31.5 Å². The maximum absolute atomic E-state index is 13.9. The summed E-state index contributed by atoms with van der Waals surface area (Å²) in [4.78, 5) is 117. The normalized spacial score (nSPS) is 12.1. The number of fused-ring (bicyclic) bond motifs is 8. The number of nitrogens with one attached hydrogen (secondary N) is 3. The van der Waals surface area contributed by atoms with Crippen LogP contribution in [0.5, 0.6) is 0 Å². The quantitative estimate of drug-likeness (QED) is 0.0492. The van der Waals surface area contributed by atoms with Crippen molar-refractivity contribution < 1.29 is 63.9 Å². The predicted octanol–water partition coefficient (Wildman–Crippen LogP) is 6.59. The van der Waals surface area contributed by atoms with E-state index >= 15 is 0 Å². The van der Waals surface area contributed by atoms with E-state index in [2.05, 4.69) is 28.4 Å². The van der Waals surface area contributed by atoms with Crippen LogP contribution in [0.25, 0.3) is 56.5 Å². The molecule has 3 aromatic heterocycles. The third kappa shape index (κ3) is 11.2. The highest BCUT2D eigenvalue weighted by Crippen LogP contribution is 2.38. The lowest BCUT2D eigenvalue weighted by atomic mass is 9.98. The number of rotatable bonds is 19. The van der Waals surface area contributed by atoms with Gasteiger partial charge in [-0.05, 0) is 116 Å². The molecule has 0 spiro atoms. The topological polar surface area (TPSA) is 314 Å². The van der Waals surface area contributed by atoms with Crippen molar-refractivity contribution in [1.82, 2.24) is 29.7 Å². The number of aryl methyl sites for hydroxylation is 2. The van der Waals surface area contributed by atoms with Crippen molar-refractivity contribution in [3.63, 3.8) is 0 Å². The van der Waals surface area contributed by atoms with E-state index in [9.17, 15) is 63.9 Å². The second-order valence-corrected chi connectivity index (χ2v) is 16.6. The molecule has 0 saturated heterocycles. The van der Waals surface area contributed by atoms with Crippen molar-refractivity contribution in [3.8, 4) is 0 Å². The molecule has 362 valence electrons. The van der Waals surface area contributed by atoms with Crippen LogP contribution in [0.15, 0.2) is 55.6 Å². The number of hydrogen-bond acceptors (Lipinski definition) is 10. The van der Waals surface area contributed by atoms with Gasteiger partial charge >= 0.3 is 29.8 Å². The van der Waals surface area contributed by atoms with E-state index in [-0.39, 0.29) is 31.4 Å². The lowest BCUT2D eigenvalue weighted by Gasteiger charge is -2.21. The third-order valence-electron chi connectivity index (χ3n) is 11.8. The second kappa shape index (κ2) is 20.9. The molecule has 0 aliphatic carbocycles. The molecule has 8 N–H and O–H groups in total. The van der Waals surface area contributed by atoms with E-state index in [0.29, 0.717) is 54.8 Å². The number of aromatic nitrogens is 4. The first-order valence-electron chi connectivity index (χ1n) is 21.6. The number of anilines is 1. The summed E-state index contributed by atoms with van der Waals surface area (Å²) in [5.41, 5.74) is 10.2. The smallest absolute Gasteiger partial charge is 0.323 e. The van der Waals surface area contributed by atoms with Crippen LogP contribution >= 0.6 is 0 Å². The highest BCUT2D eigenvalue weighted by atomic mass is 16.4. The van der Waals surface area contributed by atoms with Gasteiger partial charge in [-0.15, -0.1) is 0 Å². The molecule has 0 fully saturated rings. The zero-order valence-corrected chi connectivity index (χ0v) is 38.6. The summed E-state index contributed by atoms with van der Waals surface area (Å²) in [7, 11) is 0. The van der Waals surface area contributed by atoms with E-state index in [0.717, 1.165) is 62.6 Å². The number of carbonyl (C=O) groups excluding carboxylic acids is 3. The summed E-state index contributed by atoms with van der Waals surface area (Å²) < 4.78 is 0. The first kappa shape index (κ1) is 50.5. The molecule has 5 heterocycles. The van der Waals surface area contributed by atoms with Gasteiger partial charge in [-0.2, -0.15) is 0 Å². The zero-order valence-electron chi connectivity index (χ0n) is 38.6. The summed E-state index contributed by atoms with van der Waals surface area (Å²) in [6.45, 7) is 11.5. The van der Waals surface area contributed by atoms with Gasteiger partial charge in [0, 0.05) is 62.8 Å². The van der Waals surface area contributed by atoms with Crippen LogP contribution in [0, 0.1) is 13.8 Å². The number of allylic oxidation sites excluding steroid dienone is 4. The zero-order chi connectivity index (χ0) is 51.3. The van der Waals surface area contributed by atoms with Crippen molar-refractivity contribution in [3.05, 3.63) is 112 Å². The van der Waals surface area contributed by atoms with Crippen LogP contribution < -0.4 is 5.32 Å². The number of aromatic amines is 2. The molecule has 8 bridgehead atoms. The molecule has 2 aliphatic rings. The molecular formula is C50H49N7O13. The Morgan fingerprint density at radius 1 is 0.529 bits per heavy atom. The van der Waals surface area contributed by atoms with E-state index < -0.39 is 84.9 Å². The third-order valence-corrected chi connectivity index (χ3v) is 11.8. The van der Waals surface area contributed by atoms with Gasteiger partial charge in [-0.25, -0.2) is 9.97 Å². The molecule has 0 unspecified atom stereocenters. The summed E-state index contributed by atoms with van der Waals surface area (Å²) in [6.07, 6.45) is 3.26. The van der Waals surface area contributed by atoms with Gasteiger partial charge in [-0.1, -0.05) is 25.3 Å². The summed E-state index contributed by atoms with van der Waals surface area (Å²) in [6, 6.07) is 10.5. The van der Waals surface area contributed by atoms with Crippen LogP contribution in [0.2, 0.25) is 0 Å². The number of amides is 3. The Bertz CT molecular complexity index is 3090. The molecule has 20 heteroatoms. The Hall–Kier alpha value is -8.94. The van der Waals surface area contributed by atoms with Gasteiger partial charge < -0.3 is 50.6 Å². The van der Waals surface area contributed by atoms with Gasteiger partial charge in [0.1, 0.15) is 26.2 Å². The van der Waals surface area contributed by atoms with Crippen LogP contribution in [-0.4, -0.2) is 129 Å². The fourth-order valence-electron chi connectivity index (χ4n) is 8.36. The van der Waals surface area contributed by atoms with Crippen molar-refractivity contribution in [1.29, 1.82) is 0 Å². The first-order valence-corrected chi connectivity index (χ1v) is 21.6. The summed E-state index contributed by atoms with van der Waals surface area (Å²) in [5.74, 6) is -10.3. The van der Waals surface area contributed by atoms with E-state index in [4.69, 9.17) is 9.97 Å². The fourth-order valence-corrected chi connectivity index (χ4v) is 8.36. The molecule has 4 aromatic rings. The SMILES string of the molecule is C=Cc1c(C)c2cc3[nH]c(cc4nc(cc5nc(cc1[nH]2)C(C)=C5CCC(=O)Nc1cc(C(=O)N(CC(=O)O)CC(=O)O)cc(C(=O)N(CC(=O)O)CC(=O)O)c1)C(CCC(=O)O)=C4C)c(C)c3C=C. The van der Waals surface area contributed by atoms with Crippen molar-refractivity contribution in [2.45, 2.75) is 53.4 Å². The molecule has 0 radical (unpaired) electrons. The number of benzene rings is 1. The molecule has 0 atom stereocenters. The molecule has 6 rings (SSSR count). The highest BCUT2D eigenvalue weighted by molar-refractivity contribution is 6.05. The lowest BCUT2D eigenvalue weighted by molar-refractivity contribution is -0.142. The molecule has 0 saturated carbocycles. The monoisotopic (exact) mass is 955 g/mol. The van der Waals surface area contributed by atoms with Gasteiger partial charge in [0.2, 0.25) is 5.91 Å². The number of aliphatic carboxylic acids is 5. The van der Waals surface area contributed by atoms with Gasteiger partial charge in [0.05, 0.1) is 22.8 Å². The summed E-state index contributed by atoms with van der Waals surface area (Å²) >= 11 is 0. The Labute approximate surface area is 399 Å². The van der Waals surface area contributed by atoms with Crippen molar-refractivity contribution >= 4 is 110 Å². The Kier molecular flexibility index (Phi) is 15.1.